The van der Waals surface area contributed by atoms with E-state index in [-0.39, 0.29) is 28.6 Å². The number of hydrogen-bond donors (Lipinski definition) is 1. The van der Waals surface area contributed by atoms with E-state index in [0.717, 1.165) is 53.7 Å². The zero-order valence-electron chi connectivity index (χ0n) is 20.9. The van der Waals surface area contributed by atoms with Crippen LogP contribution in [0, 0.1) is 12.7 Å². The van der Waals surface area contributed by atoms with Gasteiger partial charge >= 0.3 is 0 Å². The molecule has 3 aromatic rings. The number of nitrogens with zero attached hydrogens (tertiary/aromatic N) is 4. The van der Waals surface area contributed by atoms with E-state index in [1.165, 1.54) is 25.4 Å². The van der Waals surface area contributed by atoms with Gasteiger partial charge in [0.25, 0.3) is 6.43 Å². The summed E-state index contributed by atoms with van der Waals surface area (Å²) in [6, 6.07) is 6.49. The molecule has 1 spiro atoms. The smallest absolute Gasteiger partial charge is 0.280 e. The van der Waals surface area contributed by atoms with Gasteiger partial charge in [-0.3, -0.25) is 9.78 Å². The number of amides is 1. The summed E-state index contributed by atoms with van der Waals surface area (Å²) in [5, 5.41) is 3.59. The summed E-state index contributed by atoms with van der Waals surface area (Å²) in [4.78, 5) is 27.6. The molecule has 0 saturated carbocycles. The molecule has 2 aliphatic heterocycles. The van der Waals surface area contributed by atoms with Crippen LogP contribution in [-0.2, 0) is 11.2 Å². The second kappa shape index (κ2) is 9.64. The summed E-state index contributed by atoms with van der Waals surface area (Å²) in [5.74, 6) is -0.306. The summed E-state index contributed by atoms with van der Waals surface area (Å²) in [5.41, 5.74) is 3.10. The third-order valence-corrected chi connectivity index (χ3v) is 7.44. The molecule has 2 atom stereocenters. The van der Waals surface area contributed by atoms with Gasteiger partial charge in [-0.05, 0) is 50.8 Å². The SMILES string of the molecule is COc1cc([C@@H](C)C(=O)N2CC[C@@]3(CCc4cc(-c5ccc(C(F)F)nc5)c(C)nc4N3)C2)c(F)cn1. The van der Waals surface area contributed by atoms with E-state index in [1.807, 2.05) is 13.0 Å². The molecule has 3 aromatic heterocycles. The molecule has 1 fully saturated rings. The predicted molar refractivity (Wildman–Crippen MR) is 132 cm³/mol. The van der Waals surface area contributed by atoms with Crippen LogP contribution in [-0.4, -0.2) is 51.5 Å². The first-order valence-corrected chi connectivity index (χ1v) is 12.2. The van der Waals surface area contributed by atoms with E-state index in [2.05, 4.69) is 15.3 Å². The van der Waals surface area contributed by atoms with Gasteiger partial charge in [-0.15, -0.1) is 0 Å². The van der Waals surface area contributed by atoms with Crippen molar-refractivity contribution in [2.24, 2.45) is 0 Å². The fourth-order valence-corrected chi connectivity index (χ4v) is 5.27. The van der Waals surface area contributed by atoms with Crippen molar-refractivity contribution in [3.63, 3.8) is 0 Å². The number of alkyl halides is 2. The largest absolute Gasteiger partial charge is 0.481 e. The van der Waals surface area contributed by atoms with Crippen LogP contribution in [0.1, 0.15) is 54.6 Å². The number of pyridine rings is 3. The van der Waals surface area contributed by atoms with E-state index in [1.54, 1.807) is 17.9 Å². The minimum Gasteiger partial charge on any atom is -0.481 e. The molecule has 7 nitrogen and oxygen atoms in total. The molecule has 5 heterocycles. The number of methoxy groups -OCH3 is 1. The number of fused-ring (bicyclic) bond motifs is 1. The van der Waals surface area contributed by atoms with Gasteiger partial charge < -0.3 is 15.0 Å². The zero-order valence-corrected chi connectivity index (χ0v) is 20.9. The molecular weight excluding hydrogens is 483 g/mol. The topological polar surface area (TPSA) is 80.2 Å². The molecule has 5 rings (SSSR count). The molecule has 194 valence electrons. The molecule has 0 bridgehead atoms. The lowest BCUT2D eigenvalue weighted by atomic mass is 9.86. The van der Waals surface area contributed by atoms with E-state index in [9.17, 15) is 18.0 Å². The number of halogens is 3. The number of carbonyl (C=O) groups is 1. The summed E-state index contributed by atoms with van der Waals surface area (Å²) in [6.45, 7) is 4.64. The van der Waals surface area contributed by atoms with Crippen LogP contribution in [0.3, 0.4) is 0 Å². The van der Waals surface area contributed by atoms with E-state index in [0.29, 0.717) is 13.1 Å². The van der Waals surface area contributed by atoms with Crippen LogP contribution in [0.15, 0.2) is 36.7 Å². The highest BCUT2D eigenvalue weighted by molar-refractivity contribution is 5.84. The van der Waals surface area contributed by atoms with Crippen molar-refractivity contribution in [2.75, 3.05) is 25.5 Å². The van der Waals surface area contributed by atoms with Gasteiger partial charge in [0.2, 0.25) is 11.8 Å². The first-order chi connectivity index (χ1) is 17.7. The van der Waals surface area contributed by atoms with Crippen molar-refractivity contribution < 1.29 is 22.7 Å². The molecular formula is C27H28F3N5O2. The Morgan fingerprint density at radius 1 is 1.19 bits per heavy atom. The van der Waals surface area contributed by atoms with Crippen LogP contribution < -0.4 is 10.1 Å². The van der Waals surface area contributed by atoms with Crippen molar-refractivity contribution in [3.8, 4) is 17.0 Å². The summed E-state index contributed by atoms with van der Waals surface area (Å²) >= 11 is 0. The molecule has 0 unspecified atom stereocenters. The van der Waals surface area contributed by atoms with Gasteiger partial charge in [0.1, 0.15) is 17.3 Å². The third kappa shape index (κ3) is 4.72. The van der Waals surface area contributed by atoms with Gasteiger partial charge in [-0.1, -0.05) is 6.07 Å². The first kappa shape index (κ1) is 25.0. The molecule has 1 N–H and O–H groups in total. The zero-order chi connectivity index (χ0) is 26.3. The van der Waals surface area contributed by atoms with Crippen LogP contribution in [0.25, 0.3) is 11.1 Å². The predicted octanol–water partition coefficient (Wildman–Crippen LogP) is 5.07. The van der Waals surface area contributed by atoms with Gasteiger partial charge in [0, 0.05) is 47.7 Å². The van der Waals surface area contributed by atoms with Gasteiger partial charge in [0.15, 0.2) is 0 Å². The summed E-state index contributed by atoms with van der Waals surface area (Å²) in [6.07, 6.45) is 2.26. The number of ether oxygens (including phenoxy) is 1. The van der Waals surface area contributed by atoms with Gasteiger partial charge in [0.05, 0.1) is 24.8 Å². The highest BCUT2D eigenvalue weighted by Gasteiger charge is 2.43. The van der Waals surface area contributed by atoms with E-state index in [4.69, 9.17) is 9.72 Å². The molecule has 37 heavy (non-hydrogen) atoms. The van der Waals surface area contributed by atoms with Crippen LogP contribution in [0.2, 0.25) is 0 Å². The Hall–Kier alpha value is -3.69. The van der Waals surface area contributed by atoms with Gasteiger partial charge in [-0.25, -0.2) is 23.1 Å². The van der Waals surface area contributed by atoms with Crippen LogP contribution in [0.4, 0.5) is 19.0 Å². The van der Waals surface area contributed by atoms with E-state index < -0.39 is 18.2 Å². The number of nitrogens with one attached hydrogen (secondary N) is 1. The van der Waals surface area contributed by atoms with Crippen LogP contribution >= 0.6 is 0 Å². The van der Waals surface area contributed by atoms with Crippen molar-refractivity contribution >= 4 is 11.7 Å². The third-order valence-electron chi connectivity index (χ3n) is 7.44. The number of likely N-dealkylation sites (tertiary alicyclic amines) is 1. The second-order valence-electron chi connectivity index (χ2n) is 9.79. The number of hydrogen-bond acceptors (Lipinski definition) is 6. The average molecular weight is 512 g/mol. The molecule has 1 amide bonds. The monoisotopic (exact) mass is 511 g/mol. The Balaban J connectivity index is 1.32. The number of aromatic nitrogens is 3. The number of rotatable bonds is 5. The van der Waals surface area contributed by atoms with Crippen molar-refractivity contribution in [2.45, 2.75) is 51.0 Å². The molecule has 0 aromatic carbocycles. The molecule has 10 heteroatoms. The Kier molecular flexibility index (Phi) is 6.51. The minimum absolute atomic E-state index is 0.143. The number of aryl methyl sites for hydroxylation is 2. The highest BCUT2D eigenvalue weighted by atomic mass is 19.3. The Morgan fingerprint density at radius 2 is 2.00 bits per heavy atom. The number of anilines is 1. The lowest BCUT2D eigenvalue weighted by Gasteiger charge is -2.36. The number of carbonyl (C=O) groups excluding carboxylic acids is 1. The fraction of sp³-hybridized carbons (Fsp3) is 0.407. The minimum atomic E-state index is -2.61. The maximum atomic E-state index is 14.4. The quantitative estimate of drug-likeness (QED) is 0.516. The van der Waals surface area contributed by atoms with Crippen molar-refractivity contribution in [1.29, 1.82) is 0 Å². The van der Waals surface area contributed by atoms with Crippen molar-refractivity contribution in [3.05, 3.63) is 65.0 Å². The Labute approximate surface area is 213 Å². The van der Waals surface area contributed by atoms with Crippen molar-refractivity contribution in [1.82, 2.24) is 19.9 Å². The molecule has 1 saturated heterocycles. The molecule has 2 aliphatic rings. The second-order valence-corrected chi connectivity index (χ2v) is 9.79. The Morgan fingerprint density at radius 3 is 2.70 bits per heavy atom. The van der Waals surface area contributed by atoms with E-state index >= 15 is 0 Å². The van der Waals surface area contributed by atoms with Gasteiger partial charge in [-0.2, -0.15) is 0 Å². The summed E-state index contributed by atoms with van der Waals surface area (Å²) in [7, 11) is 1.45. The normalized spacial score (nSPS) is 19.6. The summed E-state index contributed by atoms with van der Waals surface area (Å²) < 4.78 is 45.3. The molecule has 0 aliphatic carbocycles. The lowest BCUT2D eigenvalue weighted by Crippen LogP contribution is -2.46. The standard InChI is InChI=1S/C27H28F3N5O2/c1-15(19-11-23(37-3)32-13-21(19)28)26(36)35-9-8-27(14-35)7-6-17-10-20(16(2)33-25(17)34-27)18-4-5-22(24(29)30)31-12-18/h4-5,10-13,15,24H,6-9,14H2,1-3H3,(H,33,34)/t15-,27+/m1/s1. The lowest BCUT2D eigenvalue weighted by molar-refractivity contribution is -0.131. The maximum absolute atomic E-state index is 14.4. The Bertz CT molecular complexity index is 1330. The maximum Gasteiger partial charge on any atom is 0.280 e. The first-order valence-electron chi connectivity index (χ1n) is 12.2. The highest BCUT2D eigenvalue weighted by Crippen LogP contribution is 2.39. The fourth-order valence-electron chi connectivity index (χ4n) is 5.27. The van der Waals surface area contributed by atoms with Crippen LogP contribution in [0.5, 0.6) is 5.88 Å². The average Bonchev–Trinajstić information content (AvgIpc) is 3.30. The molecule has 0 radical (unpaired) electrons.